The Balaban J connectivity index is 4.35. The lowest BCUT2D eigenvalue weighted by atomic mass is 10.0. The van der Waals surface area contributed by atoms with Crippen LogP contribution >= 0.6 is 0 Å². The third kappa shape index (κ3) is 14.6. The van der Waals surface area contributed by atoms with Gasteiger partial charge in [0.25, 0.3) is 0 Å². The molecule has 1 unspecified atom stereocenters. The number of aliphatic carboxylic acids is 1. The third-order valence-corrected chi connectivity index (χ3v) is 5.40. The third-order valence-electron chi connectivity index (χ3n) is 5.40. The predicted molar refractivity (Wildman–Crippen MR) is 114 cm³/mol. The standard InChI is InChI=1S/C23H47NO2/c1-4-7-10-12-14-17-20-24(21-18-15-13-11-8-5-2)22(23(25)26)19-16-9-6-3/h22H,4-21H2,1-3H3,(H,25,26). The van der Waals surface area contributed by atoms with E-state index in [0.717, 1.165) is 51.6 Å². The van der Waals surface area contributed by atoms with Crippen LogP contribution in [0.2, 0.25) is 0 Å². The Kier molecular flexibility index (Phi) is 18.8. The maximum absolute atomic E-state index is 11.8. The Labute approximate surface area is 163 Å². The lowest BCUT2D eigenvalue weighted by Gasteiger charge is -2.29. The van der Waals surface area contributed by atoms with Crippen molar-refractivity contribution in [2.24, 2.45) is 0 Å². The predicted octanol–water partition coefficient (Wildman–Crippen LogP) is 7.04. The molecule has 0 aromatic heterocycles. The lowest BCUT2D eigenvalue weighted by molar-refractivity contribution is -0.143. The van der Waals surface area contributed by atoms with Crippen molar-refractivity contribution in [1.82, 2.24) is 4.90 Å². The second-order valence-corrected chi connectivity index (χ2v) is 7.92. The second kappa shape index (κ2) is 19.2. The summed E-state index contributed by atoms with van der Waals surface area (Å²) in [4.78, 5) is 14.1. The first kappa shape index (κ1) is 25.4. The topological polar surface area (TPSA) is 40.5 Å². The summed E-state index contributed by atoms with van der Waals surface area (Å²) in [5, 5.41) is 9.75. The number of unbranched alkanes of at least 4 members (excludes halogenated alkanes) is 12. The van der Waals surface area contributed by atoms with Crippen molar-refractivity contribution in [3.8, 4) is 0 Å². The molecule has 3 nitrogen and oxygen atoms in total. The van der Waals surface area contributed by atoms with Crippen molar-refractivity contribution in [3.63, 3.8) is 0 Å². The minimum atomic E-state index is -0.613. The van der Waals surface area contributed by atoms with Crippen molar-refractivity contribution in [2.75, 3.05) is 13.1 Å². The molecule has 0 rings (SSSR count). The van der Waals surface area contributed by atoms with E-state index in [9.17, 15) is 9.90 Å². The van der Waals surface area contributed by atoms with Gasteiger partial charge in [-0.05, 0) is 32.4 Å². The summed E-state index contributed by atoms with van der Waals surface area (Å²) in [6, 6.07) is -0.271. The van der Waals surface area contributed by atoms with Crippen LogP contribution in [0.3, 0.4) is 0 Å². The molecule has 1 N–H and O–H groups in total. The van der Waals surface area contributed by atoms with Crippen LogP contribution < -0.4 is 0 Å². The highest BCUT2D eigenvalue weighted by Crippen LogP contribution is 2.15. The number of carbonyl (C=O) groups is 1. The highest BCUT2D eigenvalue weighted by molar-refractivity contribution is 5.73. The molecule has 0 aliphatic heterocycles. The van der Waals surface area contributed by atoms with E-state index in [-0.39, 0.29) is 6.04 Å². The molecule has 3 heteroatoms. The fourth-order valence-electron chi connectivity index (χ4n) is 3.66. The van der Waals surface area contributed by atoms with Crippen molar-refractivity contribution in [3.05, 3.63) is 0 Å². The monoisotopic (exact) mass is 369 g/mol. The fraction of sp³-hybridized carbons (Fsp3) is 0.957. The Bertz CT molecular complexity index is 291. The molecular formula is C23H47NO2. The molecule has 0 spiro atoms. The van der Waals surface area contributed by atoms with E-state index in [4.69, 9.17) is 0 Å². The number of carboxylic acids is 1. The maximum atomic E-state index is 11.8. The zero-order chi connectivity index (χ0) is 19.5. The molecule has 0 amide bonds. The van der Waals surface area contributed by atoms with Crippen LogP contribution in [0.15, 0.2) is 0 Å². The van der Waals surface area contributed by atoms with Gasteiger partial charge in [0.1, 0.15) is 6.04 Å². The zero-order valence-electron chi connectivity index (χ0n) is 18.1. The largest absolute Gasteiger partial charge is 0.480 e. The van der Waals surface area contributed by atoms with Crippen molar-refractivity contribution >= 4 is 5.97 Å². The molecular weight excluding hydrogens is 322 g/mol. The molecule has 1 atom stereocenters. The number of hydrogen-bond acceptors (Lipinski definition) is 2. The van der Waals surface area contributed by atoms with Crippen molar-refractivity contribution < 1.29 is 9.90 Å². The minimum Gasteiger partial charge on any atom is -0.480 e. The second-order valence-electron chi connectivity index (χ2n) is 7.92. The van der Waals surface area contributed by atoms with Crippen LogP contribution in [0, 0.1) is 0 Å². The first-order valence-electron chi connectivity index (χ1n) is 11.6. The van der Waals surface area contributed by atoms with Crippen molar-refractivity contribution in [1.29, 1.82) is 0 Å². The summed E-state index contributed by atoms with van der Waals surface area (Å²) in [5.41, 5.74) is 0. The van der Waals surface area contributed by atoms with Crippen molar-refractivity contribution in [2.45, 2.75) is 130 Å². The molecule has 0 aromatic rings. The first-order chi connectivity index (χ1) is 12.7. The molecule has 0 saturated carbocycles. The van der Waals surface area contributed by atoms with Crippen LogP contribution in [0.25, 0.3) is 0 Å². The Hall–Kier alpha value is -0.570. The molecule has 26 heavy (non-hydrogen) atoms. The number of carboxylic acid groups (broad SMARTS) is 1. The van der Waals surface area contributed by atoms with E-state index in [1.807, 2.05) is 0 Å². The lowest BCUT2D eigenvalue weighted by Crippen LogP contribution is -2.42. The van der Waals surface area contributed by atoms with Gasteiger partial charge in [0.2, 0.25) is 0 Å². The van der Waals surface area contributed by atoms with Crippen LogP contribution in [-0.2, 0) is 4.79 Å². The first-order valence-corrected chi connectivity index (χ1v) is 11.6. The average Bonchev–Trinajstić information content (AvgIpc) is 2.63. The van der Waals surface area contributed by atoms with Gasteiger partial charge in [-0.3, -0.25) is 9.69 Å². The zero-order valence-corrected chi connectivity index (χ0v) is 18.1. The van der Waals surface area contributed by atoms with E-state index in [1.54, 1.807) is 0 Å². The van der Waals surface area contributed by atoms with E-state index in [1.165, 1.54) is 64.2 Å². The summed E-state index contributed by atoms with van der Waals surface area (Å²) >= 11 is 0. The Morgan fingerprint density at radius 1 is 0.654 bits per heavy atom. The van der Waals surface area contributed by atoms with Crippen LogP contribution in [-0.4, -0.2) is 35.1 Å². The van der Waals surface area contributed by atoms with Gasteiger partial charge in [-0.2, -0.15) is 0 Å². The molecule has 0 aliphatic rings. The van der Waals surface area contributed by atoms with Gasteiger partial charge >= 0.3 is 5.97 Å². The van der Waals surface area contributed by atoms with Gasteiger partial charge < -0.3 is 5.11 Å². The maximum Gasteiger partial charge on any atom is 0.320 e. The van der Waals surface area contributed by atoms with E-state index >= 15 is 0 Å². The van der Waals surface area contributed by atoms with Gasteiger partial charge in [-0.1, -0.05) is 104 Å². The van der Waals surface area contributed by atoms with E-state index < -0.39 is 5.97 Å². The molecule has 0 saturated heterocycles. The molecule has 0 aromatic carbocycles. The molecule has 0 bridgehead atoms. The minimum absolute atomic E-state index is 0.271. The molecule has 0 aliphatic carbocycles. The average molecular weight is 370 g/mol. The SMILES string of the molecule is CCCCCCCCN(CCCCCCCC)C(CCCCC)C(=O)O. The van der Waals surface area contributed by atoms with Crippen LogP contribution in [0.5, 0.6) is 0 Å². The van der Waals surface area contributed by atoms with Gasteiger partial charge in [0.05, 0.1) is 0 Å². The summed E-state index contributed by atoms with van der Waals surface area (Å²) < 4.78 is 0. The van der Waals surface area contributed by atoms with Crippen LogP contribution in [0.4, 0.5) is 0 Å². The fourth-order valence-corrected chi connectivity index (χ4v) is 3.66. The molecule has 156 valence electrons. The summed E-state index contributed by atoms with van der Waals surface area (Å²) in [6.07, 6.45) is 19.4. The number of hydrogen-bond donors (Lipinski definition) is 1. The van der Waals surface area contributed by atoms with E-state index in [2.05, 4.69) is 25.7 Å². The Morgan fingerprint density at radius 2 is 1.04 bits per heavy atom. The smallest absolute Gasteiger partial charge is 0.320 e. The highest BCUT2D eigenvalue weighted by Gasteiger charge is 2.24. The highest BCUT2D eigenvalue weighted by atomic mass is 16.4. The molecule has 0 heterocycles. The number of nitrogens with zero attached hydrogens (tertiary/aromatic N) is 1. The van der Waals surface area contributed by atoms with Gasteiger partial charge in [0.15, 0.2) is 0 Å². The normalized spacial score (nSPS) is 12.6. The van der Waals surface area contributed by atoms with E-state index in [0.29, 0.717) is 0 Å². The molecule has 0 radical (unpaired) electrons. The summed E-state index contributed by atoms with van der Waals surface area (Å²) in [7, 11) is 0. The number of rotatable bonds is 20. The van der Waals surface area contributed by atoms with Gasteiger partial charge in [-0.15, -0.1) is 0 Å². The van der Waals surface area contributed by atoms with Gasteiger partial charge in [-0.25, -0.2) is 0 Å². The van der Waals surface area contributed by atoms with Crippen LogP contribution in [0.1, 0.15) is 124 Å². The Morgan fingerprint density at radius 3 is 1.46 bits per heavy atom. The molecule has 0 fully saturated rings. The quantitative estimate of drug-likeness (QED) is 0.234. The summed E-state index contributed by atoms with van der Waals surface area (Å²) in [5.74, 6) is -0.613. The van der Waals surface area contributed by atoms with Gasteiger partial charge in [0, 0.05) is 0 Å². The summed E-state index contributed by atoms with van der Waals surface area (Å²) in [6.45, 7) is 8.60.